The summed E-state index contributed by atoms with van der Waals surface area (Å²) in [5, 5.41) is 12.9. The number of carbonyl (C=O) groups excluding carboxylic acids is 1. The number of hydrogen-bond donors (Lipinski definition) is 1. The van der Waals surface area contributed by atoms with E-state index in [-0.39, 0.29) is 11.2 Å². The summed E-state index contributed by atoms with van der Waals surface area (Å²) in [5.74, 6) is 0.364. The van der Waals surface area contributed by atoms with Crippen LogP contribution in [0.2, 0.25) is 0 Å². The number of aromatic nitrogens is 2. The van der Waals surface area contributed by atoms with Gasteiger partial charge in [0.15, 0.2) is 0 Å². The molecule has 8 heteroatoms. The van der Waals surface area contributed by atoms with Gasteiger partial charge in [-0.1, -0.05) is 17.8 Å². The van der Waals surface area contributed by atoms with Crippen molar-refractivity contribution in [3.63, 3.8) is 0 Å². The first-order valence-electron chi connectivity index (χ1n) is 7.65. The minimum absolute atomic E-state index is 0.113. The van der Waals surface area contributed by atoms with Crippen molar-refractivity contribution in [1.29, 1.82) is 0 Å². The summed E-state index contributed by atoms with van der Waals surface area (Å²) in [6.07, 6.45) is 0. The summed E-state index contributed by atoms with van der Waals surface area (Å²) in [7, 11) is 3.95. The molecular weight excluding hydrogens is 356 g/mol. The van der Waals surface area contributed by atoms with E-state index in [9.17, 15) is 4.79 Å². The molecule has 1 atom stereocenters. The zero-order valence-electron chi connectivity index (χ0n) is 14.1. The van der Waals surface area contributed by atoms with Crippen LogP contribution in [0, 0.1) is 0 Å². The van der Waals surface area contributed by atoms with Gasteiger partial charge in [0.1, 0.15) is 0 Å². The highest BCUT2D eigenvalue weighted by Crippen LogP contribution is 2.29. The minimum atomic E-state index is -0.356. The van der Waals surface area contributed by atoms with Crippen molar-refractivity contribution in [2.75, 3.05) is 24.3 Å². The Labute approximate surface area is 154 Å². The van der Waals surface area contributed by atoms with E-state index >= 15 is 0 Å². The standard InChI is InChI=1S/C17H18N4O2S2/c1-11(15(22)18-12-6-8-13(9-7-12)21(2)3)25-17-20-19-16(23-17)14-5-4-10-24-14/h4-11H,1-3H3,(H,18,22). The SMILES string of the molecule is CC(Sc1nnc(-c2cccs2)o1)C(=O)Nc1ccc(N(C)C)cc1. The molecule has 0 aliphatic carbocycles. The highest BCUT2D eigenvalue weighted by molar-refractivity contribution is 8.00. The van der Waals surface area contributed by atoms with E-state index in [0.29, 0.717) is 11.1 Å². The Kier molecular flexibility index (Phi) is 5.40. The van der Waals surface area contributed by atoms with Crippen LogP contribution in [0.25, 0.3) is 10.8 Å². The molecule has 1 unspecified atom stereocenters. The third-order valence-electron chi connectivity index (χ3n) is 3.44. The van der Waals surface area contributed by atoms with Crippen LogP contribution in [-0.2, 0) is 4.79 Å². The maximum absolute atomic E-state index is 12.3. The zero-order valence-corrected chi connectivity index (χ0v) is 15.7. The molecule has 0 spiro atoms. The van der Waals surface area contributed by atoms with Crippen LogP contribution >= 0.6 is 23.1 Å². The number of anilines is 2. The molecule has 3 aromatic rings. The highest BCUT2D eigenvalue weighted by atomic mass is 32.2. The molecule has 2 heterocycles. The lowest BCUT2D eigenvalue weighted by molar-refractivity contribution is -0.115. The van der Waals surface area contributed by atoms with Crippen LogP contribution in [0.15, 0.2) is 51.4 Å². The van der Waals surface area contributed by atoms with Gasteiger partial charge in [0.2, 0.25) is 5.91 Å². The Morgan fingerprint density at radius 2 is 2.00 bits per heavy atom. The largest absolute Gasteiger partial charge is 0.410 e. The second kappa shape index (κ2) is 7.71. The number of benzene rings is 1. The van der Waals surface area contributed by atoms with Gasteiger partial charge in [0.25, 0.3) is 11.1 Å². The van der Waals surface area contributed by atoms with E-state index < -0.39 is 0 Å². The van der Waals surface area contributed by atoms with Crippen LogP contribution in [0.4, 0.5) is 11.4 Å². The normalized spacial score (nSPS) is 12.0. The summed E-state index contributed by atoms with van der Waals surface area (Å²) in [5.41, 5.74) is 1.83. The monoisotopic (exact) mass is 374 g/mol. The number of hydrogen-bond acceptors (Lipinski definition) is 7. The van der Waals surface area contributed by atoms with Crippen molar-refractivity contribution in [2.24, 2.45) is 0 Å². The molecular formula is C17H18N4O2S2. The number of thioether (sulfide) groups is 1. The summed E-state index contributed by atoms with van der Waals surface area (Å²) in [6, 6.07) is 11.5. The second-order valence-corrected chi connectivity index (χ2v) is 7.78. The van der Waals surface area contributed by atoms with Gasteiger partial charge in [-0.3, -0.25) is 4.79 Å². The molecule has 0 saturated heterocycles. The van der Waals surface area contributed by atoms with Crippen molar-refractivity contribution >= 4 is 40.4 Å². The Bertz CT molecular complexity index is 829. The smallest absolute Gasteiger partial charge is 0.277 e. The number of amides is 1. The van der Waals surface area contributed by atoms with E-state index in [0.717, 1.165) is 16.3 Å². The third-order valence-corrected chi connectivity index (χ3v) is 5.23. The number of thiophene rings is 1. The van der Waals surface area contributed by atoms with Gasteiger partial charge in [-0.05, 0) is 42.6 Å². The summed E-state index contributed by atoms with van der Waals surface area (Å²) in [4.78, 5) is 15.3. The van der Waals surface area contributed by atoms with Gasteiger partial charge in [0.05, 0.1) is 10.1 Å². The summed E-state index contributed by atoms with van der Waals surface area (Å²) in [6.45, 7) is 1.81. The van der Waals surface area contributed by atoms with Crippen molar-refractivity contribution in [3.8, 4) is 10.8 Å². The van der Waals surface area contributed by atoms with Gasteiger partial charge in [-0.25, -0.2) is 0 Å². The lowest BCUT2D eigenvalue weighted by atomic mass is 10.2. The van der Waals surface area contributed by atoms with E-state index in [1.807, 2.05) is 67.7 Å². The lowest BCUT2D eigenvalue weighted by Gasteiger charge is -2.14. The number of nitrogens with zero attached hydrogens (tertiary/aromatic N) is 3. The highest BCUT2D eigenvalue weighted by Gasteiger charge is 2.19. The molecule has 6 nitrogen and oxygen atoms in total. The molecule has 1 amide bonds. The molecule has 0 fully saturated rings. The molecule has 0 saturated carbocycles. The second-order valence-electron chi connectivity index (χ2n) is 5.54. The van der Waals surface area contributed by atoms with Gasteiger partial charge in [-0.2, -0.15) is 0 Å². The fourth-order valence-electron chi connectivity index (χ4n) is 2.05. The summed E-state index contributed by atoms with van der Waals surface area (Å²) >= 11 is 2.77. The van der Waals surface area contributed by atoms with Crippen LogP contribution < -0.4 is 10.2 Å². The quantitative estimate of drug-likeness (QED) is 0.658. The molecule has 25 heavy (non-hydrogen) atoms. The number of nitrogens with one attached hydrogen (secondary N) is 1. The van der Waals surface area contributed by atoms with E-state index in [1.54, 1.807) is 0 Å². The molecule has 2 aromatic heterocycles. The van der Waals surface area contributed by atoms with Crippen molar-refractivity contribution in [1.82, 2.24) is 10.2 Å². The first kappa shape index (κ1) is 17.5. The maximum Gasteiger partial charge on any atom is 0.277 e. The van der Waals surface area contributed by atoms with Crippen molar-refractivity contribution < 1.29 is 9.21 Å². The van der Waals surface area contributed by atoms with Crippen molar-refractivity contribution in [2.45, 2.75) is 17.4 Å². The Morgan fingerprint density at radius 1 is 1.24 bits per heavy atom. The third kappa shape index (κ3) is 4.40. The average Bonchev–Trinajstić information content (AvgIpc) is 3.26. The predicted octanol–water partition coefficient (Wildman–Crippen LogP) is 3.98. The Morgan fingerprint density at radius 3 is 2.64 bits per heavy atom. The molecule has 3 rings (SSSR count). The van der Waals surface area contributed by atoms with Gasteiger partial charge in [0, 0.05) is 25.5 Å². The molecule has 0 bridgehead atoms. The first-order chi connectivity index (χ1) is 12.0. The van der Waals surface area contributed by atoms with E-state index in [1.165, 1.54) is 23.1 Å². The molecule has 130 valence electrons. The maximum atomic E-state index is 12.3. The molecule has 0 aliphatic heterocycles. The number of carbonyl (C=O) groups is 1. The van der Waals surface area contributed by atoms with E-state index in [4.69, 9.17) is 4.42 Å². The van der Waals surface area contributed by atoms with E-state index in [2.05, 4.69) is 15.5 Å². The van der Waals surface area contributed by atoms with Crippen LogP contribution in [-0.4, -0.2) is 35.4 Å². The van der Waals surface area contributed by atoms with Gasteiger partial charge in [-0.15, -0.1) is 21.5 Å². The first-order valence-corrected chi connectivity index (χ1v) is 9.41. The topological polar surface area (TPSA) is 71.3 Å². The van der Waals surface area contributed by atoms with Gasteiger partial charge < -0.3 is 14.6 Å². The zero-order chi connectivity index (χ0) is 17.8. The number of rotatable bonds is 6. The average molecular weight is 374 g/mol. The van der Waals surface area contributed by atoms with Crippen LogP contribution in [0.5, 0.6) is 0 Å². The molecule has 1 aromatic carbocycles. The molecule has 0 radical (unpaired) electrons. The lowest BCUT2D eigenvalue weighted by Crippen LogP contribution is -2.22. The van der Waals surface area contributed by atoms with Crippen LogP contribution in [0.3, 0.4) is 0 Å². The van der Waals surface area contributed by atoms with Gasteiger partial charge >= 0.3 is 0 Å². The van der Waals surface area contributed by atoms with Crippen molar-refractivity contribution in [3.05, 3.63) is 41.8 Å². The Hall–Kier alpha value is -2.32. The van der Waals surface area contributed by atoms with Crippen LogP contribution in [0.1, 0.15) is 6.92 Å². The summed E-state index contributed by atoms with van der Waals surface area (Å²) < 4.78 is 5.61. The Balaban J connectivity index is 1.59. The fraction of sp³-hybridized carbons (Fsp3) is 0.235. The molecule has 0 aliphatic rings. The predicted molar refractivity (Wildman–Crippen MR) is 102 cm³/mol. The molecule has 1 N–H and O–H groups in total. The minimum Gasteiger partial charge on any atom is -0.410 e. The fourth-order valence-corrected chi connectivity index (χ4v) is 3.38.